The third kappa shape index (κ3) is 2.56. The van der Waals surface area contributed by atoms with Gasteiger partial charge in [-0.25, -0.2) is 0 Å². The number of nitrogens with zero attached hydrogens (tertiary/aromatic N) is 1. The Morgan fingerprint density at radius 2 is 1.90 bits per heavy atom. The first-order valence-electron chi connectivity index (χ1n) is 6.15. The monoisotopic (exact) mass is 326 g/mol. The average Bonchev–Trinajstić information content (AvgIpc) is 2.46. The number of halogens is 1. The maximum Gasteiger partial charge on any atom is 0.256 e. The lowest BCUT2D eigenvalue weighted by molar-refractivity contribution is 0.102. The van der Waals surface area contributed by atoms with E-state index in [1.54, 1.807) is 12.3 Å². The minimum Gasteiger partial charge on any atom is -0.322 e. The molecule has 4 heteroatoms. The number of benzene rings is 2. The SMILES string of the molecule is O=C(Nc1cccc(Br)c1)c1cccc2ncccc12. The van der Waals surface area contributed by atoms with Gasteiger partial charge in [0.25, 0.3) is 5.91 Å². The smallest absolute Gasteiger partial charge is 0.256 e. The molecule has 0 atom stereocenters. The van der Waals surface area contributed by atoms with Gasteiger partial charge in [0.1, 0.15) is 0 Å². The summed E-state index contributed by atoms with van der Waals surface area (Å²) in [5, 5.41) is 3.74. The Hall–Kier alpha value is -2.20. The van der Waals surface area contributed by atoms with E-state index in [1.807, 2.05) is 48.5 Å². The number of carbonyl (C=O) groups is 1. The summed E-state index contributed by atoms with van der Waals surface area (Å²) < 4.78 is 0.926. The van der Waals surface area contributed by atoms with Gasteiger partial charge in [0.2, 0.25) is 0 Å². The summed E-state index contributed by atoms with van der Waals surface area (Å²) in [6, 6.07) is 16.8. The van der Waals surface area contributed by atoms with Crippen LogP contribution < -0.4 is 5.32 Å². The average molecular weight is 327 g/mol. The molecule has 3 nitrogen and oxygen atoms in total. The highest BCUT2D eigenvalue weighted by molar-refractivity contribution is 9.10. The Kier molecular flexibility index (Phi) is 3.48. The van der Waals surface area contributed by atoms with Crippen molar-refractivity contribution in [1.29, 1.82) is 0 Å². The number of anilines is 1. The van der Waals surface area contributed by atoms with E-state index < -0.39 is 0 Å². The summed E-state index contributed by atoms with van der Waals surface area (Å²) in [5.41, 5.74) is 2.19. The van der Waals surface area contributed by atoms with Crippen molar-refractivity contribution < 1.29 is 4.79 Å². The quantitative estimate of drug-likeness (QED) is 0.764. The lowest BCUT2D eigenvalue weighted by atomic mass is 10.1. The van der Waals surface area contributed by atoms with E-state index in [0.29, 0.717) is 5.56 Å². The van der Waals surface area contributed by atoms with Crippen LogP contribution in [0.1, 0.15) is 10.4 Å². The van der Waals surface area contributed by atoms with Gasteiger partial charge >= 0.3 is 0 Å². The number of aromatic nitrogens is 1. The van der Waals surface area contributed by atoms with E-state index in [1.165, 1.54) is 0 Å². The molecule has 1 aromatic heterocycles. The third-order valence-electron chi connectivity index (χ3n) is 2.97. The summed E-state index contributed by atoms with van der Waals surface area (Å²) in [6.07, 6.45) is 1.72. The highest BCUT2D eigenvalue weighted by Crippen LogP contribution is 2.20. The fourth-order valence-corrected chi connectivity index (χ4v) is 2.47. The van der Waals surface area contributed by atoms with Crippen molar-refractivity contribution in [1.82, 2.24) is 4.98 Å². The van der Waals surface area contributed by atoms with Gasteiger partial charge in [-0.1, -0.05) is 34.1 Å². The molecule has 1 N–H and O–H groups in total. The molecule has 0 aliphatic heterocycles. The first kappa shape index (κ1) is 12.8. The van der Waals surface area contributed by atoms with Gasteiger partial charge < -0.3 is 5.32 Å². The van der Waals surface area contributed by atoms with Crippen LogP contribution in [0, 0.1) is 0 Å². The molecule has 1 amide bonds. The molecular formula is C16H11BrN2O. The number of carbonyl (C=O) groups excluding carboxylic acids is 1. The number of hydrogen-bond donors (Lipinski definition) is 1. The van der Waals surface area contributed by atoms with Gasteiger partial charge in [-0.2, -0.15) is 0 Å². The summed E-state index contributed by atoms with van der Waals surface area (Å²) in [7, 11) is 0. The van der Waals surface area contributed by atoms with Crippen LogP contribution in [0.2, 0.25) is 0 Å². The van der Waals surface area contributed by atoms with E-state index in [-0.39, 0.29) is 5.91 Å². The zero-order valence-electron chi connectivity index (χ0n) is 10.5. The van der Waals surface area contributed by atoms with Crippen LogP contribution in [-0.2, 0) is 0 Å². The second-order valence-electron chi connectivity index (χ2n) is 4.34. The number of fused-ring (bicyclic) bond motifs is 1. The van der Waals surface area contributed by atoms with Crippen molar-refractivity contribution in [3.63, 3.8) is 0 Å². The Labute approximate surface area is 124 Å². The highest BCUT2D eigenvalue weighted by atomic mass is 79.9. The van der Waals surface area contributed by atoms with Gasteiger partial charge in [0.15, 0.2) is 0 Å². The molecule has 0 unspecified atom stereocenters. The van der Waals surface area contributed by atoms with Crippen molar-refractivity contribution in [2.24, 2.45) is 0 Å². The van der Waals surface area contributed by atoms with Gasteiger partial charge in [0, 0.05) is 27.3 Å². The molecule has 0 aliphatic carbocycles. The standard InChI is InChI=1S/C16H11BrN2O/c17-11-4-1-5-12(10-11)19-16(20)14-6-2-8-15-13(14)7-3-9-18-15/h1-10H,(H,19,20). The van der Waals surface area contributed by atoms with Crippen molar-refractivity contribution in [2.75, 3.05) is 5.32 Å². The van der Waals surface area contributed by atoms with Crippen LogP contribution in [0.5, 0.6) is 0 Å². The third-order valence-corrected chi connectivity index (χ3v) is 3.47. The number of rotatable bonds is 2. The van der Waals surface area contributed by atoms with E-state index in [0.717, 1.165) is 21.1 Å². The predicted molar refractivity (Wildman–Crippen MR) is 83.8 cm³/mol. The molecule has 0 saturated carbocycles. The van der Waals surface area contributed by atoms with E-state index in [9.17, 15) is 4.79 Å². The molecule has 3 aromatic rings. The van der Waals surface area contributed by atoms with Crippen LogP contribution in [0.3, 0.4) is 0 Å². The van der Waals surface area contributed by atoms with Gasteiger partial charge in [-0.3, -0.25) is 9.78 Å². The second-order valence-corrected chi connectivity index (χ2v) is 5.26. The molecule has 0 aliphatic rings. The molecule has 0 fully saturated rings. The Bertz CT molecular complexity index is 781. The van der Waals surface area contributed by atoms with Gasteiger partial charge in [-0.05, 0) is 36.4 Å². The summed E-state index contributed by atoms with van der Waals surface area (Å²) in [4.78, 5) is 16.6. The zero-order chi connectivity index (χ0) is 13.9. The van der Waals surface area contributed by atoms with Crippen molar-refractivity contribution >= 4 is 38.4 Å². The number of amides is 1. The highest BCUT2D eigenvalue weighted by Gasteiger charge is 2.10. The molecule has 20 heavy (non-hydrogen) atoms. The molecule has 0 saturated heterocycles. The molecular weight excluding hydrogens is 316 g/mol. The largest absolute Gasteiger partial charge is 0.322 e. The molecule has 0 spiro atoms. The van der Waals surface area contributed by atoms with Crippen molar-refractivity contribution in [3.05, 3.63) is 70.8 Å². The summed E-state index contributed by atoms with van der Waals surface area (Å²) in [6.45, 7) is 0. The topological polar surface area (TPSA) is 42.0 Å². The number of hydrogen-bond acceptors (Lipinski definition) is 2. The zero-order valence-corrected chi connectivity index (χ0v) is 12.1. The lowest BCUT2D eigenvalue weighted by Gasteiger charge is -2.08. The molecule has 2 aromatic carbocycles. The normalized spacial score (nSPS) is 10.4. The number of pyridine rings is 1. The Balaban J connectivity index is 1.97. The minimum atomic E-state index is -0.137. The van der Waals surface area contributed by atoms with Crippen molar-refractivity contribution in [2.45, 2.75) is 0 Å². The van der Waals surface area contributed by atoms with Crippen LogP contribution in [0.4, 0.5) is 5.69 Å². The number of nitrogens with one attached hydrogen (secondary N) is 1. The van der Waals surface area contributed by atoms with Crippen LogP contribution in [0.15, 0.2) is 65.3 Å². The predicted octanol–water partition coefficient (Wildman–Crippen LogP) is 4.25. The van der Waals surface area contributed by atoms with Crippen LogP contribution in [-0.4, -0.2) is 10.9 Å². The molecule has 0 radical (unpaired) electrons. The van der Waals surface area contributed by atoms with E-state index >= 15 is 0 Å². The maximum absolute atomic E-state index is 12.4. The molecule has 98 valence electrons. The van der Waals surface area contributed by atoms with E-state index in [2.05, 4.69) is 26.2 Å². The van der Waals surface area contributed by atoms with Crippen LogP contribution in [0.25, 0.3) is 10.9 Å². The first-order chi connectivity index (χ1) is 9.74. The lowest BCUT2D eigenvalue weighted by Crippen LogP contribution is -2.12. The summed E-state index contributed by atoms with van der Waals surface area (Å²) >= 11 is 3.39. The van der Waals surface area contributed by atoms with Gasteiger partial charge in [0.05, 0.1) is 5.52 Å². The molecule has 3 rings (SSSR count). The fraction of sp³-hybridized carbons (Fsp3) is 0. The Morgan fingerprint density at radius 3 is 2.75 bits per heavy atom. The first-order valence-corrected chi connectivity index (χ1v) is 6.94. The molecule has 1 heterocycles. The Morgan fingerprint density at radius 1 is 1.05 bits per heavy atom. The molecule has 0 bridgehead atoms. The maximum atomic E-state index is 12.4. The van der Waals surface area contributed by atoms with Gasteiger partial charge in [-0.15, -0.1) is 0 Å². The fourth-order valence-electron chi connectivity index (χ4n) is 2.07. The second kappa shape index (κ2) is 5.43. The van der Waals surface area contributed by atoms with Crippen molar-refractivity contribution in [3.8, 4) is 0 Å². The minimum absolute atomic E-state index is 0.137. The van der Waals surface area contributed by atoms with E-state index in [4.69, 9.17) is 0 Å². The summed E-state index contributed by atoms with van der Waals surface area (Å²) in [5.74, 6) is -0.137. The van der Waals surface area contributed by atoms with Crippen LogP contribution >= 0.6 is 15.9 Å².